The Morgan fingerprint density at radius 2 is 2.00 bits per heavy atom. The van der Waals surface area contributed by atoms with Gasteiger partial charge in [-0.25, -0.2) is 0 Å². The molecule has 1 radical (unpaired) electrons. The Hall–Kier alpha value is -1.09. The first-order valence-electron chi connectivity index (χ1n) is 3.29. The van der Waals surface area contributed by atoms with Crippen molar-refractivity contribution >= 4 is 16.9 Å². The van der Waals surface area contributed by atoms with Gasteiger partial charge >= 0.3 is 11.9 Å². The van der Waals surface area contributed by atoms with E-state index in [1.54, 1.807) is 6.20 Å². The molecule has 1 aliphatic heterocycles. The van der Waals surface area contributed by atoms with Crippen molar-refractivity contribution in [2.24, 2.45) is 5.11 Å². The lowest BCUT2D eigenvalue weighted by molar-refractivity contribution is 1.27. The average molecular weight is 162 g/mol. The van der Waals surface area contributed by atoms with Crippen molar-refractivity contribution in [3.8, 4) is 0 Å². The fraction of sp³-hybridized carbons (Fsp3) is 0. The van der Waals surface area contributed by atoms with E-state index in [2.05, 4.69) is 21.8 Å². The van der Waals surface area contributed by atoms with Gasteiger partial charge in [-0.1, -0.05) is 30.3 Å². The molecule has 3 heteroatoms. The molecule has 0 atom stereocenters. The van der Waals surface area contributed by atoms with Gasteiger partial charge in [0, 0.05) is 0 Å². The number of hydrogen-bond donors (Lipinski definition) is 0. The third-order valence-electron chi connectivity index (χ3n) is 1.42. The van der Waals surface area contributed by atoms with Crippen molar-refractivity contribution in [3.63, 3.8) is 0 Å². The SMILES string of the molecule is C1=C(c2ccccc2)S[N+]=N1. The highest BCUT2D eigenvalue weighted by Crippen LogP contribution is 2.27. The zero-order valence-corrected chi connectivity index (χ0v) is 6.58. The summed E-state index contributed by atoms with van der Waals surface area (Å²) in [6.07, 6.45) is 1.78. The second-order valence-electron chi connectivity index (χ2n) is 2.15. The summed E-state index contributed by atoms with van der Waals surface area (Å²) in [4.78, 5) is 1.12. The summed E-state index contributed by atoms with van der Waals surface area (Å²) in [5, 5.41) is 3.77. The third-order valence-corrected chi connectivity index (χ3v) is 2.13. The molecule has 1 aromatic rings. The molecule has 2 nitrogen and oxygen atoms in total. The van der Waals surface area contributed by atoms with Crippen molar-refractivity contribution in [3.05, 3.63) is 42.1 Å². The largest absolute Gasteiger partial charge is 0.314 e. The Labute approximate surface area is 69.2 Å². The Kier molecular flexibility index (Phi) is 1.73. The highest BCUT2D eigenvalue weighted by molar-refractivity contribution is 8.06. The molecule has 0 saturated heterocycles. The molecule has 0 fully saturated rings. The van der Waals surface area contributed by atoms with E-state index in [1.807, 2.05) is 18.2 Å². The first-order valence-corrected chi connectivity index (χ1v) is 4.07. The maximum atomic E-state index is 3.79. The van der Waals surface area contributed by atoms with Crippen LogP contribution < -0.4 is 4.52 Å². The summed E-state index contributed by atoms with van der Waals surface area (Å²) in [7, 11) is 0. The molecule has 1 aliphatic rings. The van der Waals surface area contributed by atoms with Gasteiger partial charge in [0.05, 0.1) is 5.11 Å². The topological polar surface area (TPSA) is 26.5 Å². The minimum absolute atomic E-state index is 1.12. The van der Waals surface area contributed by atoms with Gasteiger partial charge in [0.2, 0.25) is 0 Å². The van der Waals surface area contributed by atoms with E-state index >= 15 is 0 Å². The minimum Gasteiger partial charge on any atom is -0.0622 e. The molecular formula is C8H6N2S+. The molecule has 11 heavy (non-hydrogen) atoms. The van der Waals surface area contributed by atoms with E-state index in [0.29, 0.717) is 0 Å². The van der Waals surface area contributed by atoms with Gasteiger partial charge in [-0.15, -0.1) is 0 Å². The second-order valence-corrected chi connectivity index (χ2v) is 2.93. The van der Waals surface area contributed by atoms with Crippen molar-refractivity contribution in [1.82, 2.24) is 4.52 Å². The van der Waals surface area contributed by atoms with Crippen LogP contribution in [0.4, 0.5) is 0 Å². The first-order chi connectivity index (χ1) is 5.47. The molecule has 0 amide bonds. The summed E-state index contributed by atoms with van der Waals surface area (Å²) < 4.78 is 3.79. The van der Waals surface area contributed by atoms with Crippen molar-refractivity contribution in [2.45, 2.75) is 0 Å². The predicted molar refractivity (Wildman–Crippen MR) is 46.6 cm³/mol. The third kappa shape index (κ3) is 1.33. The molecule has 0 spiro atoms. The molecule has 0 aromatic heterocycles. The summed E-state index contributed by atoms with van der Waals surface area (Å²) in [6, 6.07) is 10.1. The van der Waals surface area contributed by atoms with Crippen LogP contribution in [0.1, 0.15) is 5.56 Å². The summed E-state index contributed by atoms with van der Waals surface area (Å²) in [5.41, 5.74) is 1.18. The van der Waals surface area contributed by atoms with Gasteiger partial charge in [-0.05, 0) is 5.56 Å². The Bertz CT molecular complexity index is 303. The Morgan fingerprint density at radius 1 is 1.18 bits per heavy atom. The molecule has 0 N–H and O–H groups in total. The molecule has 1 heterocycles. The number of rotatable bonds is 1. The smallest absolute Gasteiger partial charge is 0.0622 e. The molecule has 0 saturated carbocycles. The zero-order chi connectivity index (χ0) is 7.52. The van der Waals surface area contributed by atoms with Gasteiger partial charge in [-0.2, -0.15) is 0 Å². The lowest BCUT2D eigenvalue weighted by atomic mass is 10.2. The number of benzene rings is 1. The van der Waals surface area contributed by atoms with Crippen LogP contribution in [0.5, 0.6) is 0 Å². The maximum absolute atomic E-state index is 3.79. The summed E-state index contributed by atoms with van der Waals surface area (Å²) in [5.74, 6) is 0. The van der Waals surface area contributed by atoms with Crippen LogP contribution in [0, 0.1) is 0 Å². The van der Waals surface area contributed by atoms with E-state index in [4.69, 9.17) is 0 Å². The standard InChI is InChI=1S/C8H6N2S/c1-2-4-7(5-3-1)8-6-9-10-11-8/h1-6H/q+1. The van der Waals surface area contributed by atoms with Crippen LogP contribution in [0.25, 0.3) is 4.91 Å². The average Bonchev–Trinajstić information content (AvgIpc) is 2.58. The Balaban J connectivity index is 2.31. The molecule has 1 aromatic carbocycles. The molecule has 0 aliphatic carbocycles. The van der Waals surface area contributed by atoms with Gasteiger partial charge in [0.15, 0.2) is 0 Å². The first kappa shape index (κ1) is 6.61. The van der Waals surface area contributed by atoms with E-state index < -0.39 is 0 Å². The van der Waals surface area contributed by atoms with Crippen LogP contribution >= 0.6 is 11.9 Å². The van der Waals surface area contributed by atoms with Gasteiger partial charge in [0.1, 0.15) is 11.1 Å². The molecule has 0 bridgehead atoms. The fourth-order valence-corrected chi connectivity index (χ4v) is 1.41. The number of hydrogen-bond acceptors (Lipinski definition) is 3. The van der Waals surface area contributed by atoms with Gasteiger partial charge in [-0.3, -0.25) is 0 Å². The lowest BCUT2D eigenvalue weighted by Crippen LogP contribution is -1.74. The number of nitrogens with zero attached hydrogens (tertiary/aromatic N) is 2. The van der Waals surface area contributed by atoms with Crippen LogP contribution in [0.15, 0.2) is 41.6 Å². The predicted octanol–water partition coefficient (Wildman–Crippen LogP) is 2.43. The summed E-state index contributed by atoms with van der Waals surface area (Å²) in [6.45, 7) is 0. The van der Waals surface area contributed by atoms with Crippen molar-refractivity contribution < 1.29 is 0 Å². The molecule has 0 unspecified atom stereocenters. The van der Waals surface area contributed by atoms with E-state index in [9.17, 15) is 0 Å². The molecule has 53 valence electrons. The van der Waals surface area contributed by atoms with E-state index in [1.165, 1.54) is 17.5 Å². The van der Waals surface area contributed by atoms with Crippen LogP contribution in [-0.4, -0.2) is 0 Å². The monoisotopic (exact) mass is 162 g/mol. The maximum Gasteiger partial charge on any atom is 0.314 e. The quantitative estimate of drug-likeness (QED) is 0.582. The van der Waals surface area contributed by atoms with Crippen LogP contribution in [-0.2, 0) is 0 Å². The highest BCUT2D eigenvalue weighted by Gasteiger charge is 2.16. The summed E-state index contributed by atoms with van der Waals surface area (Å²) >= 11 is 1.41. The Morgan fingerprint density at radius 3 is 2.64 bits per heavy atom. The molecule has 2 rings (SSSR count). The van der Waals surface area contributed by atoms with Crippen molar-refractivity contribution in [2.75, 3.05) is 0 Å². The fourth-order valence-electron chi connectivity index (χ4n) is 0.897. The van der Waals surface area contributed by atoms with Crippen LogP contribution in [0.3, 0.4) is 0 Å². The second kappa shape index (κ2) is 2.88. The molecular weight excluding hydrogens is 156 g/mol. The minimum atomic E-state index is 1.12. The van der Waals surface area contributed by atoms with Gasteiger partial charge in [0.25, 0.3) is 4.52 Å². The van der Waals surface area contributed by atoms with E-state index in [0.717, 1.165) is 4.91 Å². The van der Waals surface area contributed by atoms with Crippen LogP contribution in [0.2, 0.25) is 0 Å². The highest BCUT2D eigenvalue weighted by atomic mass is 32.2. The van der Waals surface area contributed by atoms with Gasteiger partial charge < -0.3 is 0 Å². The normalized spacial score (nSPS) is 15.1. The zero-order valence-electron chi connectivity index (χ0n) is 5.77. The van der Waals surface area contributed by atoms with Crippen molar-refractivity contribution in [1.29, 1.82) is 0 Å². The van der Waals surface area contributed by atoms with E-state index in [-0.39, 0.29) is 0 Å². The lowest BCUT2D eigenvalue weighted by Gasteiger charge is -1.90.